The second-order valence-corrected chi connectivity index (χ2v) is 5.70. The fourth-order valence-corrected chi connectivity index (χ4v) is 2.49. The maximum Gasteiger partial charge on any atom is 0.162 e. The number of hydrogen-bond acceptors (Lipinski definition) is 3. The number of hydrogen-bond donors (Lipinski definition) is 1. The zero-order chi connectivity index (χ0) is 15.7. The summed E-state index contributed by atoms with van der Waals surface area (Å²) in [6.45, 7) is 8.51. The van der Waals surface area contributed by atoms with Gasteiger partial charge in [-0.15, -0.1) is 0 Å². The zero-order valence-electron chi connectivity index (χ0n) is 13.7. The van der Waals surface area contributed by atoms with Gasteiger partial charge in [-0.25, -0.2) is 0 Å². The molecule has 4 heteroatoms. The Morgan fingerprint density at radius 2 is 1.71 bits per heavy atom. The minimum atomic E-state index is 0.608. The van der Waals surface area contributed by atoms with Crippen LogP contribution in [-0.2, 0) is 6.42 Å². The van der Waals surface area contributed by atoms with Crippen molar-refractivity contribution in [1.29, 1.82) is 0 Å². The third-order valence-electron chi connectivity index (χ3n) is 3.51. The van der Waals surface area contributed by atoms with E-state index in [9.17, 15) is 0 Å². The van der Waals surface area contributed by atoms with Crippen LogP contribution in [0.25, 0.3) is 0 Å². The first-order valence-corrected chi connectivity index (χ1v) is 8.22. The Kier molecular flexibility index (Phi) is 8.55. The lowest BCUT2D eigenvalue weighted by molar-refractivity contribution is 0.287. The molecule has 1 unspecified atom stereocenters. The van der Waals surface area contributed by atoms with Crippen LogP contribution < -0.4 is 14.8 Å². The molecular formula is C17H28ClNO2. The molecule has 1 aromatic carbocycles. The summed E-state index contributed by atoms with van der Waals surface area (Å²) >= 11 is 6.38. The molecule has 1 rings (SSSR count). The quantitative estimate of drug-likeness (QED) is 0.698. The molecular weight excluding hydrogens is 286 g/mol. The summed E-state index contributed by atoms with van der Waals surface area (Å²) in [5.74, 6) is 2.20. The normalized spacial score (nSPS) is 12.2. The molecule has 0 radical (unpaired) electrons. The number of ether oxygens (including phenoxy) is 2. The molecule has 0 spiro atoms. The van der Waals surface area contributed by atoms with Gasteiger partial charge in [-0.05, 0) is 64.3 Å². The summed E-state index contributed by atoms with van der Waals surface area (Å²) in [6, 6.07) is 3.91. The van der Waals surface area contributed by atoms with E-state index in [0.717, 1.165) is 41.5 Å². The molecule has 0 aliphatic heterocycles. The van der Waals surface area contributed by atoms with Gasteiger partial charge in [0.25, 0.3) is 0 Å². The molecule has 0 aliphatic carbocycles. The van der Waals surface area contributed by atoms with Crippen LogP contribution >= 0.6 is 11.6 Å². The Balaban J connectivity index is 2.75. The predicted molar refractivity (Wildman–Crippen MR) is 89.8 cm³/mol. The van der Waals surface area contributed by atoms with Crippen LogP contribution in [0.1, 0.15) is 39.2 Å². The molecule has 120 valence electrons. The van der Waals surface area contributed by atoms with E-state index in [4.69, 9.17) is 21.1 Å². The summed E-state index contributed by atoms with van der Waals surface area (Å²) < 4.78 is 11.2. The van der Waals surface area contributed by atoms with Crippen LogP contribution in [0.4, 0.5) is 0 Å². The second kappa shape index (κ2) is 9.91. The number of aryl methyl sites for hydroxylation is 1. The van der Waals surface area contributed by atoms with Gasteiger partial charge in [0.05, 0.1) is 13.2 Å². The van der Waals surface area contributed by atoms with Gasteiger partial charge in [0.2, 0.25) is 0 Å². The molecule has 0 aromatic heterocycles. The molecule has 3 nitrogen and oxygen atoms in total. The van der Waals surface area contributed by atoms with Crippen LogP contribution in [0.5, 0.6) is 11.5 Å². The average Bonchev–Trinajstić information content (AvgIpc) is 2.46. The SMILES string of the molecule is CCOc1cc(Cl)c(CCC(C)CCNC)cc1OCC. The molecule has 1 aromatic rings. The predicted octanol–water partition coefficient (Wildman–Crippen LogP) is 4.32. The summed E-state index contributed by atoms with van der Waals surface area (Å²) in [7, 11) is 1.99. The van der Waals surface area contributed by atoms with Gasteiger partial charge in [0.1, 0.15) is 0 Å². The van der Waals surface area contributed by atoms with Crippen molar-refractivity contribution in [3.8, 4) is 11.5 Å². The second-order valence-electron chi connectivity index (χ2n) is 5.29. The van der Waals surface area contributed by atoms with Crippen LogP contribution in [0.3, 0.4) is 0 Å². The fraction of sp³-hybridized carbons (Fsp3) is 0.647. The molecule has 0 aliphatic rings. The number of halogens is 1. The van der Waals surface area contributed by atoms with Gasteiger partial charge in [-0.1, -0.05) is 18.5 Å². The fourth-order valence-electron chi connectivity index (χ4n) is 2.24. The molecule has 0 amide bonds. The summed E-state index contributed by atoms with van der Waals surface area (Å²) in [5.41, 5.74) is 1.14. The lowest BCUT2D eigenvalue weighted by Crippen LogP contribution is -2.12. The largest absolute Gasteiger partial charge is 0.490 e. The number of benzene rings is 1. The minimum absolute atomic E-state index is 0.608. The van der Waals surface area contributed by atoms with Crippen molar-refractivity contribution in [3.63, 3.8) is 0 Å². The van der Waals surface area contributed by atoms with Crippen LogP contribution in [0.2, 0.25) is 5.02 Å². The van der Waals surface area contributed by atoms with Gasteiger partial charge in [0, 0.05) is 11.1 Å². The van der Waals surface area contributed by atoms with Crippen molar-refractivity contribution >= 4 is 11.6 Å². The third-order valence-corrected chi connectivity index (χ3v) is 3.86. The first kappa shape index (κ1) is 18.1. The topological polar surface area (TPSA) is 30.5 Å². The minimum Gasteiger partial charge on any atom is -0.490 e. The first-order valence-electron chi connectivity index (χ1n) is 7.84. The Morgan fingerprint density at radius 3 is 2.29 bits per heavy atom. The average molecular weight is 314 g/mol. The highest BCUT2D eigenvalue weighted by atomic mass is 35.5. The number of rotatable bonds is 10. The van der Waals surface area contributed by atoms with E-state index in [1.165, 1.54) is 6.42 Å². The summed E-state index contributed by atoms with van der Waals surface area (Å²) in [4.78, 5) is 0. The van der Waals surface area contributed by atoms with Crippen LogP contribution in [0, 0.1) is 5.92 Å². The molecule has 1 N–H and O–H groups in total. The maximum absolute atomic E-state index is 6.38. The smallest absolute Gasteiger partial charge is 0.162 e. The van der Waals surface area contributed by atoms with Gasteiger partial charge in [-0.3, -0.25) is 0 Å². The van der Waals surface area contributed by atoms with E-state index >= 15 is 0 Å². The molecule has 0 saturated heterocycles. The Hall–Kier alpha value is -0.930. The van der Waals surface area contributed by atoms with Crippen molar-refractivity contribution in [2.75, 3.05) is 26.8 Å². The molecule has 0 saturated carbocycles. The molecule has 0 fully saturated rings. The van der Waals surface area contributed by atoms with Gasteiger partial charge >= 0.3 is 0 Å². The van der Waals surface area contributed by atoms with E-state index < -0.39 is 0 Å². The summed E-state index contributed by atoms with van der Waals surface area (Å²) in [6.07, 6.45) is 3.28. The van der Waals surface area contributed by atoms with E-state index in [0.29, 0.717) is 19.1 Å². The van der Waals surface area contributed by atoms with Gasteiger partial charge in [0.15, 0.2) is 11.5 Å². The van der Waals surface area contributed by atoms with Crippen molar-refractivity contribution in [2.45, 2.75) is 40.0 Å². The maximum atomic E-state index is 6.38. The Labute approximate surface area is 134 Å². The first-order chi connectivity index (χ1) is 10.1. The number of nitrogens with one attached hydrogen (secondary N) is 1. The zero-order valence-corrected chi connectivity index (χ0v) is 14.4. The van der Waals surface area contributed by atoms with Crippen molar-refractivity contribution in [3.05, 3.63) is 22.7 Å². The third kappa shape index (κ3) is 6.15. The highest BCUT2D eigenvalue weighted by Crippen LogP contribution is 2.34. The monoisotopic (exact) mass is 313 g/mol. The Morgan fingerprint density at radius 1 is 1.10 bits per heavy atom. The molecule has 0 bridgehead atoms. The van der Waals surface area contributed by atoms with Crippen LogP contribution in [0.15, 0.2) is 12.1 Å². The van der Waals surface area contributed by atoms with E-state index in [1.807, 2.05) is 33.0 Å². The highest BCUT2D eigenvalue weighted by Gasteiger charge is 2.12. The standard InChI is InChI=1S/C17H28ClNO2/c1-5-20-16-11-14(8-7-13(3)9-10-19-4)15(18)12-17(16)21-6-2/h11-13,19H,5-10H2,1-4H3. The lowest BCUT2D eigenvalue weighted by atomic mass is 9.98. The van der Waals surface area contributed by atoms with Crippen molar-refractivity contribution < 1.29 is 9.47 Å². The lowest BCUT2D eigenvalue weighted by Gasteiger charge is -2.15. The molecule has 1 atom stereocenters. The highest BCUT2D eigenvalue weighted by molar-refractivity contribution is 6.31. The van der Waals surface area contributed by atoms with Crippen molar-refractivity contribution in [2.24, 2.45) is 5.92 Å². The van der Waals surface area contributed by atoms with E-state index in [-0.39, 0.29) is 0 Å². The summed E-state index contributed by atoms with van der Waals surface area (Å²) in [5, 5.41) is 3.96. The van der Waals surface area contributed by atoms with Gasteiger partial charge < -0.3 is 14.8 Å². The van der Waals surface area contributed by atoms with Gasteiger partial charge in [-0.2, -0.15) is 0 Å². The van der Waals surface area contributed by atoms with E-state index in [2.05, 4.69) is 12.2 Å². The molecule has 21 heavy (non-hydrogen) atoms. The molecule has 0 heterocycles. The van der Waals surface area contributed by atoms with E-state index in [1.54, 1.807) is 0 Å². The Bertz CT molecular complexity index is 423. The van der Waals surface area contributed by atoms with Crippen molar-refractivity contribution in [1.82, 2.24) is 5.32 Å². The van der Waals surface area contributed by atoms with Crippen LogP contribution in [-0.4, -0.2) is 26.8 Å².